The van der Waals surface area contributed by atoms with Gasteiger partial charge >= 0.3 is 0 Å². The Kier molecular flexibility index (Phi) is 2.36. The van der Waals surface area contributed by atoms with E-state index in [2.05, 4.69) is 4.98 Å². The number of benzene rings is 1. The van der Waals surface area contributed by atoms with Gasteiger partial charge in [-0.2, -0.15) is 0 Å². The van der Waals surface area contributed by atoms with Gasteiger partial charge in [-0.3, -0.25) is 4.79 Å². The van der Waals surface area contributed by atoms with Crippen LogP contribution in [-0.2, 0) is 7.05 Å². The number of rotatable bonds is 2. The van der Waals surface area contributed by atoms with Gasteiger partial charge in [0.15, 0.2) is 5.82 Å². The first-order valence-corrected chi connectivity index (χ1v) is 4.72. The van der Waals surface area contributed by atoms with Crippen LogP contribution in [0, 0.1) is 0 Å². The fraction of sp³-hybridized carbons (Fsp3) is 0.200. The number of fused-ring (bicyclic) bond motifs is 1. The van der Waals surface area contributed by atoms with Crippen LogP contribution in [0.3, 0.4) is 0 Å². The number of carbonyl (C=O) groups excluding carboxylic acids is 1. The molecule has 0 fully saturated rings. The summed E-state index contributed by atoms with van der Waals surface area (Å²) in [5.74, 6) is 0.850. The van der Waals surface area contributed by atoms with E-state index in [-0.39, 0.29) is 5.82 Å². The van der Waals surface area contributed by atoms with Crippen molar-refractivity contribution in [1.82, 2.24) is 9.55 Å². The molecule has 0 aliphatic rings. The average molecular weight is 225 g/mol. The summed E-state index contributed by atoms with van der Waals surface area (Å²) in [6.07, 6.45) is 0. The lowest BCUT2D eigenvalue weighted by atomic mass is 10.3. The molecule has 1 aromatic carbocycles. The van der Waals surface area contributed by atoms with Gasteiger partial charge in [0.05, 0.1) is 12.6 Å². The van der Waals surface area contributed by atoms with E-state index in [9.17, 15) is 4.79 Å². The highest BCUT2D eigenvalue weighted by molar-refractivity contribution is 6.67. The molecule has 1 heterocycles. The van der Waals surface area contributed by atoms with E-state index in [0.29, 0.717) is 11.3 Å². The largest absolute Gasteiger partial charge is 0.494 e. The topological polar surface area (TPSA) is 44.1 Å². The number of carbonyl (C=O) groups is 1. The lowest BCUT2D eigenvalue weighted by Crippen LogP contribution is -2.00. The van der Waals surface area contributed by atoms with E-state index < -0.39 is 5.24 Å². The van der Waals surface area contributed by atoms with Crippen LogP contribution in [0.2, 0.25) is 0 Å². The van der Waals surface area contributed by atoms with Crippen molar-refractivity contribution in [3.63, 3.8) is 0 Å². The van der Waals surface area contributed by atoms with Crippen LogP contribution >= 0.6 is 11.6 Å². The molecule has 0 radical (unpaired) electrons. The predicted molar refractivity (Wildman–Crippen MR) is 57.4 cm³/mol. The van der Waals surface area contributed by atoms with Gasteiger partial charge in [0.2, 0.25) is 0 Å². The van der Waals surface area contributed by atoms with Crippen molar-refractivity contribution in [1.29, 1.82) is 0 Å². The lowest BCUT2D eigenvalue weighted by Gasteiger charge is -2.00. The molecule has 0 amide bonds. The molecule has 0 saturated heterocycles. The van der Waals surface area contributed by atoms with Gasteiger partial charge < -0.3 is 9.30 Å². The first kappa shape index (κ1) is 9.98. The maximum atomic E-state index is 11.1. The van der Waals surface area contributed by atoms with E-state index in [1.165, 1.54) is 0 Å². The molecule has 2 rings (SSSR count). The third-order valence-electron chi connectivity index (χ3n) is 2.27. The fourth-order valence-corrected chi connectivity index (χ4v) is 1.70. The molecule has 78 valence electrons. The first-order chi connectivity index (χ1) is 7.15. The van der Waals surface area contributed by atoms with E-state index in [4.69, 9.17) is 16.3 Å². The zero-order valence-corrected chi connectivity index (χ0v) is 9.08. The summed E-state index contributed by atoms with van der Waals surface area (Å²) in [5, 5.41) is -0.573. The molecule has 0 N–H and O–H groups in total. The van der Waals surface area contributed by atoms with Gasteiger partial charge in [0, 0.05) is 7.05 Å². The number of aryl methyl sites for hydroxylation is 1. The second-order valence-corrected chi connectivity index (χ2v) is 3.44. The Bertz CT molecular complexity index is 533. The minimum atomic E-state index is -0.573. The maximum absolute atomic E-state index is 11.1. The van der Waals surface area contributed by atoms with Gasteiger partial charge in [-0.05, 0) is 23.7 Å². The molecule has 0 aliphatic heterocycles. The predicted octanol–water partition coefficient (Wildman–Crippen LogP) is 1.96. The van der Waals surface area contributed by atoms with E-state index >= 15 is 0 Å². The van der Waals surface area contributed by atoms with Gasteiger partial charge in [0.25, 0.3) is 5.24 Å². The quantitative estimate of drug-likeness (QED) is 0.733. The number of nitrogens with zero attached hydrogens (tertiary/aromatic N) is 2. The smallest absolute Gasteiger partial charge is 0.288 e. The van der Waals surface area contributed by atoms with Crippen LogP contribution < -0.4 is 4.74 Å². The van der Waals surface area contributed by atoms with Crippen LogP contribution in [0.1, 0.15) is 10.6 Å². The molecule has 0 saturated carbocycles. The number of aromatic nitrogens is 2. The number of hydrogen-bond acceptors (Lipinski definition) is 3. The van der Waals surface area contributed by atoms with Gasteiger partial charge in [0.1, 0.15) is 11.3 Å². The molecular formula is C10H9ClN2O2. The highest BCUT2D eigenvalue weighted by atomic mass is 35.5. The summed E-state index contributed by atoms with van der Waals surface area (Å²) in [5.41, 5.74) is 1.46. The van der Waals surface area contributed by atoms with E-state index in [1.807, 2.05) is 12.1 Å². The highest BCUT2D eigenvalue weighted by Crippen LogP contribution is 2.25. The van der Waals surface area contributed by atoms with Gasteiger partial charge in [-0.15, -0.1) is 0 Å². The molecular weight excluding hydrogens is 216 g/mol. The van der Waals surface area contributed by atoms with Gasteiger partial charge in [-0.1, -0.05) is 6.07 Å². The summed E-state index contributed by atoms with van der Waals surface area (Å²) in [6.45, 7) is 0. The molecule has 1 aromatic heterocycles. The maximum Gasteiger partial charge on any atom is 0.288 e. The summed E-state index contributed by atoms with van der Waals surface area (Å²) in [6, 6.07) is 5.48. The van der Waals surface area contributed by atoms with Crippen molar-refractivity contribution in [2.24, 2.45) is 7.05 Å². The summed E-state index contributed by atoms with van der Waals surface area (Å²) in [4.78, 5) is 15.2. The second kappa shape index (κ2) is 3.55. The number of ether oxygens (including phenoxy) is 1. The number of para-hydroxylation sites is 1. The minimum absolute atomic E-state index is 0.219. The highest BCUT2D eigenvalue weighted by Gasteiger charge is 2.15. The zero-order chi connectivity index (χ0) is 11.0. The molecule has 15 heavy (non-hydrogen) atoms. The molecule has 2 aromatic rings. The SMILES string of the molecule is COc1cccc2c1nc(C(=O)Cl)n2C. The van der Waals surface area contributed by atoms with Crippen molar-refractivity contribution in [2.45, 2.75) is 0 Å². The van der Waals surface area contributed by atoms with Crippen LogP contribution in [0.25, 0.3) is 11.0 Å². The summed E-state index contributed by atoms with van der Waals surface area (Å²) in [7, 11) is 3.30. The van der Waals surface area contributed by atoms with Crippen molar-refractivity contribution in [2.75, 3.05) is 7.11 Å². The molecule has 0 atom stereocenters. The van der Waals surface area contributed by atoms with Gasteiger partial charge in [-0.25, -0.2) is 4.98 Å². The summed E-state index contributed by atoms with van der Waals surface area (Å²) < 4.78 is 6.79. The van der Waals surface area contributed by atoms with Crippen molar-refractivity contribution < 1.29 is 9.53 Å². The Morgan fingerprint density at radius 1 is 1.53 bits per heavy atom. The Morgan fingerprint density at radius 3 is 2.87 bits per heavy atom. The third-order valence-corrected chi connectivity index (χ3v) is 2.44. The zero-order valence-electron chi connectivity index (χ0n) is 8.32. The Morgan fingerprint density at radius 2 is 2.27 bits per heavy atom. The monoisotopic (exact) mass is 224 g/mol. The molecule has 0 bridgehead atoms. The van der Waals surface area contributed by atoms with Crippen LogP contribution in [-0.4, -0.2) is 21.9 Å². The van der Waals surface area contributed by atoms with Crippen molar-refractivity contribution >= 4 is 27.9 Å². The molecule has 0 unspecified atom stereocenters. The van der Waals surface area contributed by atoms with Crippen molar-refractivity contribution in [3.05, 3.63) is 24.0 Å². The number of imidazole rings is 1. The number of hydrogen-bond donors (Lipinski definition) is 0. The normalized spacial score (nSPS) is 10.6. The van der Waals surface area contributed by atoms with Crippen LogP contribution in [0.5, 0.6) is 5.75 Å². The average Bonchev–Trinajstić information content (AvgIpc) is 2.56. The van der Waals surface area contributed by atoms with E-state index in [1.54, 1.807) is 24.8 Å². The standard InChI is InChI=1S/C10H9ClN2O2/c1-13-6-4-3-5-7(15-2)8(6)12-10(13)9(11)14/h3-5H,1-2H3. The van der Waals surface area contributed by atoms with Crippen LogP contribution in [0.15, 0.2) is 18.2 Å². The van der Waals surface area contributed by atoms with Crippen LogP contribution in [0.4, 0.5) is 0 Å². The van der Waals surface area contributed by atoms with E-state index in [0.717, 1.165) is 5.52 Å². The Balaban J connectivity index is 2.81. The molecule has 0 spiro atoms. The summed E-state index contributed by atoms with van der Waals surface area (Å²) >= 11 is 5.41. The molecule has 0 aliphatic carbocycles. The fourth-order valence-electron chi connectivity index (χ4n) is 1.53. The minimum Gasteiger partial charge on any atom is -0.494 e. The second-order valence-electron chi connectivity index (χ2n) is 3.10. The first-order valence-electron chi connectivity index (χ1n) is 4.34. The number of halogens is 1. The van der Waals surface area contributed by atoms with Crippen molar-refractivity contribution in [3.8, 4) is 5.75 Å². The number of methoxy groups -OCH3 is 1. The molecule has 5 heteroatoms. The lowest BCUT2D eigenvalue weighted by molar-refractivity contribution is 0.107. The Hall–Kier alpha value is -1.55. The Labute approximate surface area is 91.4 Å². The molecule has 4 nitrogen and oxygen atoms in total. The third kappa shape index (κ3) is 1.47.